The molecule has 0 radical (unpaired) electrons. The van der Waals surface area contributed by atoms with Crippen molar-refractivity contribution in [2.75, 3.05) is 39.8 Å². The molecule has 0 bridgehead atoms. The van der Waals surface area contributed by atoms with Gasteiger partial charge >= 0.3 is 0 Å². The van der Waals surface area contributed by atoms with Crippen LogP contribution in [-0.4, -0.2) is 55.7 Å². The van der Waals surface area contributed by atoms with Crippen molar-refractivity contribution in [1.29, 1.82) is 0 Å². The highest BCUT2D eigenvalue weighted by molar-refractivity contribution is 14.0. The number of oxazole rings is 1. The van der Waals surface area contributed by atoms with Crippen molar-refractivity contribution in [3.05, 3.63) is 47.2 Å². The van der Waals surface area contributed by atoms with E-state index in [4.69, 9.17) is 14.1 Å². The van der Waals surface area contributed by atoms with Crippen LogP contribution in [-0.2, 0) is 13.0 Å². The molecular formula is C24H38IN5O2. The molecule has 0 atom stereocenters. The van der Waals surface area contributed by atoms with Crippen LogP contribution in [0.1, 0.15) is 42.7 Å². The maximum absolute atomic E-state index is 5.73. The molecule has 3 rings (SSSR count). The third kappa shape index (κ3) is 7.95. The Balaban J connectivity index is 0.00000363. The smallest absolute Gasteiger partial charge is 0.208 e. The SMILES string of the molecule is CCNC(=NCC1CCN(Cc2nc(C)c(C)o2)CC1)NCCc1ccccc1OC.I. The number of para-hydroxylation sites is 1. The van der Waals surface area contributed by atoms with Gasteiger partial charge in [-0.05, 0) is 70.7 Å². The van der Waals surface area contributed by atoms with Gasteiger partial charge < -0.3 is 19.8 Å². The fourth-order valence-corrected chi connectivity index (χ4v) is 3.91. The van der Waals surface area contributed by atoms with E-state index in [1.165, 1.54) is 5.56 Å². The lowest BCUT2D eigenvalue weighted by molar-refractivity contribution is 0.166. The van der Waals surface area contributed by atoms with E-state index < -0.39 is 0 Å². The summed E-state index contributed by atoms with van der Waals surface area (Å²) in [6, 6.07) is 8.16. The Kier molecular flexibility index (Phi) is 11.3. The first kappa shape index (κ1) is 26.4. The predicted octanol–water partition coefficient (Wildman–Crippen LogP) is 3.93. The molecule has 178 valence electrons. The molecule has 2 N–H and O–H groups in total. The lowest BCUT2D eigenvalue weighted by Gasteiger charge is -2.30. The molecule has 1 aliphatic heterocycles. The predicted molar refractivity (Wildman–Crippen MR) is 140 cm³/mol. The number of nitrogens with zero attached hydrogens (tertiary/aromatic N) is 3. The number of benzene rings is 1. The van der Waals surface area contributed by atoms with Gasteiger partial charge in [-0.25, -0.2) is 4.98 Å². The number of piperidine rings is 1. The number of aryl methyl sites for hydroxylation is 2. The van der Waals surface area contributed by atoms with Crippen molar-refractivity contribution in [3.8, 4) is 5.75 Å². The molecule has 2 aromatic rings. The molecule has 0 spiro atoms. The Morgan fingerprint density at radius 3 is 2.62 bits per heavy atom. The second-order valence-corrected chi connectivity index (χ2v) is 8.18. The number of ether oxygens (including phenoxy) is 1. The van der Waals surface area contributed by atoms with Gasteiger partial charge in [-0.2, -0.15) is 0 Å². The third-order valence-corrected chi connectivity index (χ3v) is 5.87. The summed E-state index contributed by atoms with van der Waals surface area (Å²) in [7, 11) is 1.72. The lowest BCUT2D eigenvalue weighted by atomic mass is 9.97. The Labute approximate surface area is 209 Å². The number of nitrogens with one attached hydrogen (secondary N) is 2. The summed E-state index contributed by atoms with van der Waals surface area (Å²) in [6.45, 7) is 11.5. The van der Waals surface area contributed by atoms with Crippen LogP contribution in [0, 0.1) is 19.8 Å². The van der Waals surface area contributed by atoms with E-state index in [0.717, 1.165) is 87.6 Å². The van der Waals surface area contributed by atoms with Gasteiger partial charge in [0.15, 0.2) is 5.96 Å². The van der Waals surface area contributed by atoms with Gasteiger partial charge in [0.25, 0.3) is 0 Å². The van der Waals surface area contributed by atoms with Crippen molar-refractivity contribution in [3.63, 3.8) is 0 Å². The molecule has 1 aromatic carbocycles. The number of hydrogen-bond acceptors (Lipinski definition) is 5. The Morgan fingerprint density at radius 1 is 1.22 bits per heavy atom. The molecular weight excluding hydrogens is 517 g/mol. The summed E-state index contributed by atoms with van der Waals surface area (Å²) in [5, 5.41) is 6.82. The minimum Gasteiger partial charge on any atom is -0.496 e. The van der Waals surface area contributed by atoms with Crippen LogP contribution in [0.15, 0.2) is 33.7 Å². The number of rotatable bonds is 9. The van der Waals surface area contributed by atoms with Crippen molar-refractivity contribution < 1.29 is 9.15 Å². The lowest BCUT2D eigenvalue weighted by Crippen LogP contribution is -2.39. The molecule has 0 saturated carbocycles. The third-order valence-electron chi connectivity index (χ3n) is 5.87. The number of aliphatic imine (C=N–C) groups is 1. The van der Waals surface area contributed by atoms with E-state index in [9.17, 15) is 0 Å². The molecule has 1 aliphatic rings. The molecule has 2 heterocycles. The summed E-state index contributed by atoms with van der Waals surface area (Å²) < 4.78 is 11.2. The van der Waals surface area contributed by atoms with Gasteiger partial charge in [0.2, 0.25) is 5.89 Å². The molecule has 7 nitrogen and oxygen atoms in total. The van der Waals surface area contributed by atoms with Crippen LogP contribution in [0.4, 0.5) is 0 Å². The minimum absolute atomic E-state index is 0. The van der Waals surface area contributed by atoms with Gasteiger partial charge in [0.1, 0.15) is 11.5 Å². The van der Waals surface area contributed by atoms with Gasteiger partial charge in [0.05, 0.1) is 19.3 Å². The fourth-order valence-electron chi connectivity index (χ4n) is 3.91. The van der Waals surface area contributed by atoms with E-state index in [-0.39, 0.29) is 24.0 Å². The molecule has 0 unspecified atom stereocenters. The van der Waals surface area contributed by atoms with E-state index in [2.05, 4.69) is 33.5 Å². The zero-order chi connectivity index (χ0) is 22.1. The zero-order valence-corrected chi connectivity index (χ0v) is 22.1. The van der Waals surface area contributed by atoms with Crippen LogP contribution < -0.4 is 15.4 Å². The summed E-state index contributed by atoms with van der Waals surface area (Å²) in [5.74, 6) is 4.21. The largest absolute Gasteiger partial charge is 0.496 e. The van der Waals surface area contributed by atoms with E-state index in [1.807, 2.05) is 32.0 Å². The second kappa shape index (κ2) is 13.7. The van der Waals surface area contributed by atoms with E-state index in [1.54, 1.807) is 7.11 Å². The number of likely N-dealkylation sites (tertiary alicyclic amines) is 1. The fraction of sp³-hybridized carbons (Fsp3) is 0.583. The Bertz CT molecular complexity index is 827. The van der Waals surface area contributed by atoms with Crippen LogP contribution in [0.2, 0.25) is 0 Å². The molecule has 1 saturated heterocycles. The first-order chi connectivity index (χ1) is 15.1. The van der Waals surface area contributed by atoms with E-state index in [0.29, 0.717) is 5.92 Å². The number of hydrogen-bond donors (Lipinski definition) is 2. The minimum atomic E-state index is 0. The average Bonchev–Trinajstić information content (AvgIpc) is 3.10. The molecule has 0 aliphatic carbocycles. The van der Waals surface area contributed by atoms with Crippen molar-refractivity contribution in [2.24, 2.45) is 10.9 Å². The number of methoxy groups -OCH3 is 1. The maximum Gasteiger partial charge on any atom is 0.208 e. The van der Waals surface area contributed by atoms with E-state index >= 15 is 0 Å². The Morgan fingerprint density at radius 2 is 1.97 bits per heavy atom. The van der Waals surface area contributed by atoms with Crippen LogP contribution in [0.3, 0.4) is 0 Å². The highest BCUT2D eigenvalue weighted by Gasteiger charge is 2.21. The molecule has 8 heteroatoms. The van der Waals surface area contributed by atoms with Gasteiger partial charge in [-0.3, -0.25) is 9.89 Å². The first-order valence-electron chi connectivity index (χ1n) is 11.4. The zero-order valence-electron chi connectivity index (χ0n) is 19.8. The number of halogens is 1. The van der Waals surface area contributed by atoms with Gasteiger partial charge in [-0.1, -0.05) is 18.2 Å². The molecule has 32 heavy (non-hydrogen) atoms. The van der Waals surface area contributed by atoms with Crippen molar-refractivity contribution >= 4 is 29.9 Å². The quantitative estimate of drug-likeness (QED) is 0.278. The standard InChI is InChI=1S/C24H37N5O2.HI/c1-5-25-24(26-13-10-21-8-6-7-9-22(21)30-4)27-16-20-11-14-29(15-12-20)17-23-28-18(2)19(3)31-23;/h6-9,20H,5,10-17H2,1-4H3,(H2,25,26,27);1H. The van der Waals surface area contributed by atoms with Crippen LogP contribution in [0.5, 0.6) is 5.75 Å². The maximum atomic E-state index is 5.73. The summed E-state index contributed by atoms with van der Waals surface area (Å²) in [5.41, 5.74) is 2.20. The molecule has 0 amide bonds. The summed E-state index contributed by atoms with van der Waals surface area (Å²) in [4.78, 5) is 11.8. The molecule has 1 fully saturated rings. The first-order valence-corrected chi connectivity index (χ1v) is 11.4. The number of aromatic nitrogens is 1. The van der Waals surface area contributed by atoms with Crippen LogP contribution >= 0.6 is 24.0 Å². The van der Waals surface area contributed by atoms with Crippen molar-refractivity contribution in [1.82, 2.24) is 20.5 Å². The summed E-state index contributed by atoms with van der Waals surface area (Å²) in [6.07, 6.45) is 3.21. The Hall–Kier alpha value is -1.81. The number of guanidine groups is 1. The van der Waals surface area contributed by atoms with Gasteiger partial charge in [0, 0.05) is 19.6 Å². The highest BCUT2D eigenvalue weighted by Crippen LogP contribution is 2.20. The normalized spacial score (nSPS) is 15.3. The topological polar surface area (TPSA) is 74.9 Å². The van der Waals surface area contributed by atoms with Crippen LogP contribution in [0.25, 0.3) is 0 Å². The molecule has 1 aromatic heterocycles. The van der Waals surface area contributed by atoms with Gasteiger partial charge in [-0.15, -0.1) is 24.0 Å². The average molecular weight is 556 g/mol. The second-order valence-electron chi connectivity index (χ2n) is 8.18. The summed E-state index contributed by atoms with van der Waals surface area (Å²) >= 11 is 0. The monoisotopic (exact) mass is 555 g/mol. The van der Waals surface area contributed by atoms with Crippen molar-refractivity contribution in [2.45, 2.75) is 46.6 Å². The highest BCUT2D eigenvalue weighted by atomic mass is 127.